The van der Waals surface area contributed by atoms with Gasteiger partial charge in [0.05, 0.1) is 7.11 Å². The van der Waals surface area contributed by atoms with E-state index in [1.165, 1.54) is 11.1 Å². The summed E-state index contributed by atoms with van der Waals surface area (Å²) in [5.74, 6) is 1.48. The summed E-state index contributed by atoms with van der Waals surface area (Å²) in [5, 5.41) is 7.26. The summed E-state index contributed by atoms with van der Waals surface area (Å²) in [6.45, 7) is 2.96. The molecule has 22 heavy (non-hydrogen) atoms. The molecule has 0 aliphatic carbocycles. The van der Waals surface area contributed by atoms with Gasteiger partial charge in [0.1, 0.15) is 5.75 Å². The third kappa shape index (κ3) is 3.49. The lowest BCUT2D eigenvalue weighted by molar-refractivity contribution is 0.337. The predicted molar refractivity (Wildman–Crippen MR) is 90.3 cm³/mol. The molecule has 2 unspecified atom stereocenters. The molecule has 2 aromatic rings. The second kappa shape index (κ2) is 7.43. The zero-order valence-corrected chi connectivity index (χ0v) is 13.1. The second-order valence-electron chi connectivity index (χ2n) is 5.81. The maximum atomic E-state index is 5.44. The van der Waals surface area contributed by atoms with Gasteiger partial charge in [0.15, 0.2) is 0 Å². The van der Waals surface area contributed by atoms with Crippen LogP contribution in [0.2, 0.25) is 0 Å². The monoisotopic (exact) mass is 296 g/mol. The fraction of sp³-hybridized carbons (Fsp3) is 0.368. The standard InChI is InChI=1S/C19H24N2O/c1-22-19-10-6-5-9-16(19)13-21-18-11-12-20-14-17(18)15-7-3-2-4-8-15/h2-10,17-18,20-21H,11-14H2,1H3. The number of methoxy groups -OCH3 is 1. The normalized spacial score (nSPS) is 21.5. The predicted octanol–water partition coefficient (Wildman–Crippen LogP) is 2.93. The van der Waals surface area contributed by atoms with E-state index in [4.69, 9.17) is 4.74 Å². The summed E-state index contributed by atoms with van der Waals surface area (Å²) >= 11 is 0. The van der Waals surface area contributed by atoms with Crippen molar-refractivity contribution in [2.45, 2.75) is 24.9 Å². The molecule has 1 fully saturated rings. The molecular formula is C19H24N2O. The van der Waals surface area contributed by atoms with Crippen molar-refractivity contribution in [1.82, 2.24) is 10.6 Å². The molecule has 0 spiro atoms. The van der Waals surface area contributed by atoms with Crippen LogP contribution in [-0.2, 0) is 6.54 Å². The molecule has 1 aliphatic rings. The molecule has 1 aliphatic heterocycles. The minimum atomic E-state index is 0.494. The van der Waals surface area contributed by atoms with Gasteiger partial charge in [-0.05, 0) is 24.6 Å². The van der Waals surface area contributed by atoms with E-state index in [2.05, 4.69) is 53.1 Å². The van der Waals surface area contributed by atoms with E-state index >= 15 is 0 Å². The molecule has 0 aromatic heterocycles. The van der Waals surface area contributed by atoms with Crippen LogP contribution in [0, 0.1) is 0 Å². The van der Waals surface area contributed by atoms with Crippen LogP contribution in [0.5, 0.6) is 5.75 Å². The third-order valence-electron chi connectivity index (χ3n) is 4.46. The van der Waals surface area contributed by atoms with Crippen molar-refractivity contribution in [3.63, 3.8) is 0 Å². The van der Waals surface area contributed by atoms with E-state index in [-0.39, 0.29) is 0 Å². The Hall–Kier alpha value is -1.84. The van der Waals surface area contributed by atoms with Gasteiger partial charge in [-0.1, -0.05) is 48.5 Å². The summed E-state index contributed by atoms with van der Waals surface area (Å²) in [6, 6.07) is 19.5. The Morgan fingerprint density at radius 2 is 1.86 bits per heavy atom. The first-order valence-electron chi connectivity index (χ1n) is 7.99. The van der Waals surface area contributed by atoms with Gasteiger partial charge in [-0.15, -0.1) is 0 Å². The van der Waals surface area contributed by atoms with E-state index in [1.54, 1.807) is 7.11 Å². The van der Waals surface area contributed by atoms with Gasteiger partial charge in [-0.2, -0.15) is 0 Å². The average molecular weight is 296 g/mol. The SMILES string of the molecule is COc1ccccc1CNC1CCNCC1c1ccccc1. The quantitative estimate of drug-likeness (QED) is 0.890. The summed E-state index contributed by atoms with van der Waals surface area (Å²) in [4.78, 5) is 0. The Morgan fingerprint density at radius 1 is 1.09 bits per heavy atom. The number of nitrogens with one attached hydrogen (secondary N) is 2. The van der Waals surface area contributed by atoms with Crippen molar-refractivity contribution in [1.29, 1.82) is 0 Å². The van der Waals surface area contributed by atoms with Crippen LogP contribution in [-0.4, -0.2) is 26.2 Å². The van der Waals surface area contributed by atoms with Crippen LogP contribution >= 0.6 is 0 Å². The molecular weight excluding hydrogens is 272 g/mol. The van der Waals surface area contributed by atoms with Crippen LogP contribution in [0.1, 0.15) is 23.5 Å². The Labute approximate surface area is 132 Å². The molecule has 1 saturated heterocycles. The maximum Gasteiger partial charge on any atom is 0.123 e. The first-order chi connectivity index (χ1) is 10.9. The van der Waals surface area contributed by atoms with Gasteiger partial charge < -0.3 is 15.4 Å². The van der Waals surface area contributed by atoms with Gasteiger partial charge >= 0.3 is 0 Å². The lowest BCUT2D eigenvalue weighted by atomic mass is 9.87. The molecule has 3 heteroatoms. The highest BCUT2D eigenvalue weighted by Gasteiger charge is 2.25. The van der Waals surface area contributed by atoms with Crippen molar-refractivity contribution < 1.29 is 4.74 Å². The number of piperidine rings is 1. The lowest BCUT2D eigenvalue weighted by Gasteiger charge is -2.33. The van der Waals surface area contributed by atoms with Gasteiger partial charge in [-0.3, -0.25) is 0 Å². The second-order valence-corrected chi connectivity index (χ2v) is 5.81. The van der Waals surface area contributed by atoms with Gasteiger partial charge in [-0.25, -0.2) is 0 Å². The zero-order valence-electron chi connectivity index (χ0n) is 13.1. The van der Waals surface area contributed by atoms with E-state index in [0.717, 1.165) is 31.8 Å². The number of hydrogen-bond donors (Lipinski definition) is 2. The van der Waals surface area contributed by atoms with E-state index in [1.807, 2.05) is 12.1 Å². The van der Waals surface area contributed by atoms with Gasteiger partial charge in [0.25, 0.3) is 0 Å². The highest BCUT2D eigenvalue weighted by atomic mass is 16.5. The Bertz CT molecular complexity index is 585. The smallest absolute Gasteiger partial charge is 0.123 e. The third-order valence-corrected chi connectivity index (χ3v) is 4.46. The van der Waals surface area contributed by atoms with Crippen molar-refractivity contribution in [2.75, 3.05) is 20.2 Å². The molecule has 3 rings (SSSR count). The molecule has 1 heterocycles. The highest BCUT2D eigenvalue weighted by molar-refractivity contribution is 5.33. The average Bonchev–Trinajstić information content (AvgIpc) is 2.61. The Balaban J connectivity index is 1.69. The molecule has 2 aromatic carbocycles. The minimum absolute atomic E-state index is 0.494. The molecule has 0 radical (unpaired) electrons. The van der Waals surface area contributed by atoms with Crippen LogP contribution in [0.3, 0.4) is 0 Å². The van der Waals surface area contributed by atoms with Gasteiger partial charge in [0.2, 0.25) is 0 Å². The largest absolute Gasteiger partial charge is 0.496 e. The molecule has 116 valence electrons. The summed E-state index contributed by atoms with van der Waals surface area (Å²) in [5.41, 5.74) is 2.63. The molecule has 0 saturated carbocycles. The highest BCUT2D eigenvalue weighted by Crippen LogP contribution is 2.25. The number of benzene rings is 2. The molecule has 0 amide bonds. The first kappa shape index (κ1) is 15.1. The van der Waals surface area contributed by atoms with E-state index in [0.29, 0.717) is 12.0 Å². The number of hydrogen-bond acceptors (Lipinski definition) is 3. The fourth-order valence-electron chi connectivity index (χ4n) is 3.24. The van der Waals surface area contributed by atoms with Gasteiger partial charge in [0, 0.05) is 30.6 Å². The molecule has 3 nitrogen and oxygen atoms in total. The Morgan fingerprint density at radius 3 is 2.68 bits per heavy atom. The summed E-state index contributed by atoms with van der Waals surface area (Å²) in [6.07, 6.45) is 1.15. The van der Waals surface area contributed by atoms with Crippen molar-refractivity contribution in [3.8, 4) is 5.75 Å². The number of rotatable bonds is 5. The minimum Gasteiger partial charge on any atom is -0.496 e. The fourth-order valence-corrected chi connectivity index (χ4v) is 3.24. The van der Waals surface area contributed by atoms with Crippen LogP contribution in [0.25, 0.3) is 0 Å². The first-order valence-corrected chi connectivity index (χ1v) is 7.99. The van der Waals surface area contributed by atoms with Crippen molar-refractivity contribution in [3.05, 3.63) is 65.7 Å². The van der Waals surface area contributed by atoms with Crippen LogP contribution in [0.15, 0.2) is 54.6 Å². The van der Waals surface area contributed by atoms with E-state index in [9.17, 15) is 0 Å². The van der Waals surface area contributed by atoms with Crippen LogP contribution < -0.4 is 15.4 Å². The molecule has 2 N–H and O–H groups in total. The summed E-state index contributed by atoms with van der Waals surface area (Å²) < 4.78 is 5.44. The molecule has 0 bridgehead atoms. The van der Waals surface area contributed by atoms with Crippen LogP contribution in [0.4, 0.5) is 0 Å². The van der Waals surface area contributed by atoms with E-state index < -0.39 is 0 Å². The zero-order chi connectivity index (χ0) is 15.2. The number of ether oxygens (including phenoxy) is 1. The summed E-state index contributed by atoms with van der Waals surface area (Å²) in [7, 11) is 1.73. The molecule has 2 atom stereocenters. The topological polar surface area (TPSA) is 33.3 Å². The maximum absolute atomic E-state index is 5.44. The number of para-hydroxylation sites is 1. The Kier molecular flexibility index (Phi) is 5.09. The van der Waals surface area contributed by atoms with Crippen molar-refractivity contribution >= 4 is 0 Å². The lowest BCUT2D eigenvalue weighted by Crippen LogP contribution is -2.45. The van der Waals surface area contributed by atoms with Crippen molar-refractivity contribution in [2.24, 2.45) is 0 Å².